The Balaban J connectivity index is 1.87. The van der Waals surface area contributed by atoms with Crippen molar-refractivity contribution in [3.8, 4) is 0 Å². The van der Waals surface area contributed by atoms with Crippen molar-refractivity contribution in [3.63, 3.8) is 0 Å². The topological polar surface area (TPSA) is 84.2 Å². The predicted molar refractivity (Wildman–Crippen MR) is 96.9 cm³/mol. The number of hydrogen-bond acceptors (Lipinski definition) is 5. The molecule has 6 nitrogen and oxygen atoms in total. The van der Waals surface area contributed by atoms with Crippen LogP contribution in [0, 0.1) is 6.92 Å². The summed E-state index contributed by atoms with van der Waals surface area (Å²) in [6.07, 6.45) is -4.63. The number of aryl methyl sites for hydroxylation is 1. The van der Waals surface area contributed by atoms with E-state index in [9.17, 15) is 22.8 Å². The fourth-order valence-corrected chi connectivity index (χ4v) is 2.86. The third-order valence-corrected chi connectivity index (χ3v) is 4.74. The van der Waals surface area contributed by atoms with Crippen LogP contribution in [0.25, 0.3) is 0 Å². The summed E-state index contributed by atoms with van der Waals surface area (Å²) in [7, 11) is 0. The third-order valence-electron chi connectivity index (χ3n) is 3.27. The van der Waals surface area contributed by atoms with E-state index in [2.05, 4.69) is 15.8 Å². The Labute approximate surface area is 161 Å². The van der Waals surface area contributed by atoms with E-state index in [0.717, 1.165) is 23.9 Å². The Morgan fingerprint density at radius 2 is 2.00 bits per heavy atom. The molecule has 0 bridgehead atoms. The van der Waals surface area contributed by atoms with Crippen molar-refractivity contribution in [2.45, 2.75) is 25.3 Å². The molecule has 0 radical (unpaired) electrons. The highest BCUT2D eigenvalue weighted by Gasteiger charge is 2.33. The monoisotopic (exact) mass is 421 g/mol. The van der Waals surface area contributed by atoms with Gasteiger partial charge in [-0.2, -0.15) is 13.2 Å². The maximum atomic E-state index is 12.8. The molecule has 1 atom stereocenters. The molecule has 0 saturated carbocycles. The second kappa shape index (κ2) is 8.66. The Kier molecular flexibility index (Phi) is 6.77. The molecular weight excluding hydrogens is 407 g/mol. The molecular formula is C16H15ClF3N3O3S. The van der Waals surface area contributed by atoms with Gasteiger partial charge in [-0.05, 0) is 32.0 Å². The maximum absolute atomic E-state index is 12.8. The lowest BCUT2D eigenvalue weighted by atomic mass is 10.2. The number of halogens is 4. The van der Waals surface area contributed by atoms with Crippen molar-refractivity contribution in [2.75, 3.05) is 16.4 Å². The molecule has 1 aromatic heterocycles. The van der Waals surface area contributed by atoms with Crippen LogP contribution in [0.2, 0.25) is 5.02 Å². The van der Waals surface area contributed by atoms with Gasteiger partial charge in [-0.3, -0.25) is 9.59 Å². The Hall–Kier alpha value is -2.20. The number of nitrogens with one attached hydrogen (secondary N) is 2. The minimum atomic E-state index is -4.63. The van der Waals surface area contributed by atoms with Crippen molar-refractivity contribution < 1.29 is 27.3 Å². The average Bonchev–Trinajstić information content (AvgIpc) is 2.98. The van der Waals surface area contributed by atoms with E-state index in [1.807, 2.05) is 0 Å². The van der Waals surface area contributed by atoms with E-state index >= 15 is 0 Å². The number of amides is 2. The van der Waals surface area contributed by atoms with Crippen LogP contribution in [0.1, 0.15) is 18.2 Å². The average molecular weight is 422 g/mol. The second-order valence-corrected chi connectivity index (χ2v) is 7.24. The number of nitrogens with zero attached hydrogens (tertiary/aromatic N) is 1. The number of aromatic nitrogens is 1. The first-order chi connectivity index (χ1) is 12.6. The zero-order valence-corrected chi connectivity index (χ0v) is 15.8. The van der Waals surface area contributed by atoms with E-state index < -0.39 is 27.9 Å². The normalized spacial score (nSPS) is 12.5. The molecule has 1 heterocycles. The molecule has 2 N–H and O–H groups in total. The van der Waals surface area contributed by atoms with Gasteiger partial charge in [0.25, 0.3) is 0 Å². The zero-order chi connectivity index (χ0) is 20.2. The van der Waals surface area contributed by atoms with Crippen LogP contribution in [0.3, 0.4) is 0 Å². The first-order valence-corrected chi connectivity index (χ1v) is 9.01. The molecule has 0 aliphatic heterocycles. The third kappa shape index (κ3) is 6.17. The van der Waals surface area contributed by atoms with Crippen LogP contribution in [0.15, 0.2) is 28.8 Å². The summed E-state index contributed by atoms with van der Waals surface area (Å²) >= 11 is 6.55. The maximum Gasteiger partial charge on any atom is 0.417 e. The smallest absolute Gasteiger partial charge is 0.360 e. The lowest BCUT2D eigenvalue weighted by Crippen LogP contribution is -2.25. The molecule has 0 saturated heterocycles. The lowest BCUT2D eigenvalue weighted by molar-refractivity contribution is -0.137. The molecule has 2 rings (SSSR count). The molecule has 0 fully saturated rings. The minimum absolute atomic E-state index is 0.0347. The summed E-state index contributed by atoms with van der Waals surface area (Å²) in [4.78, 5) is 23.9. The van der Waals surface area contributed by atoms with E-state index in [4.69, 9.17) is 16.1 Å². The molecule has 0 aliphatic rings. The summed E-state index contributed by atoms with van der Waals surface area (Å²) in [6, 6.07) is 4.63. The fraction of sp³-hybridized carbons (Fsp3) is 0.312. The number of hydrogen-bond donors (Lipinski definition) is 2. The summed E-state index contributed by atoms with van der Waals surface area (Å²) in [5.41, 5.74) is -1.07. The quantitative estimate of drug-likeness (QED) is 0.724. The standard InChI is InChI=1S/C16H15ClF3N3O3S/c1-8-5-13(23-26-8)22-15(25)9(2)27-7-14(24)21-10-3-4-12(17)11(6-10)16(18,19)20/h3-6,9H,7H2,1-2H3,(H,21,24)(H,22,23,25). The van der Waals surface area contributed by atoms with Crippen LogP contribution in [0.4, 0.5) is 24.7 Å². The molecule has 0 aliphatic carbocycles. The molecule has 1 aromatic carbocycles. The Morgan fingerprint density at radius 1 is 1.30 bits per heavy atom. The minimum Gasteiger partial charge on any atom is -0.360 e. The van der Waals surface area contributed by atoms with Crippen LogP contribution in [-0.2, 0) is 15.8 Å². The van der Waals surface area contributed by atoms with Crippen LogP contribution >= 0.6 is 23.4 Å². The molecule has 11 heteroatoms. The Morgan fingerprint density at radius 3 is 2.59 bits per heavy atom. The van der Waals surface area contributed by atoms with E-state index in [0.29, 0.717) is 5.76 Å². The number of rotatable bonds is 6. The molecule has 27 heavy (non-hydrogen) atoms. The molecule has 2 aromatic rings. The van der Waals surface area contributed by atoms with Gasteiger partial charge in [0.1, 0.15) is 5.76 Å². The van der Waals surface area contributed by atoms with Crippen LogP contribution < -0.4 is 10.6 Å². The van der Waals surface area contributed by atoms with Crippen molar-refractivity contribution in [2.24, 2.45) is 0 Å². The SMILES string of the molecule is Cc1cc(NC(=O)C(C)SCC(=O)Nc2ccc(Cl)c(C(F)(F)F)c2)no1. The summed E-state index contributed by atoms with van der Waals surface area (Å²) in [5.74, 6) is -0.267. The van der Waals surface area contributed by atoms with Crippen molar-refractivity contribution in [1.29, 1.82) is 0 Å². The van der Waals surface area contributed by atoms with Gasteiger partial charge < -0.3 is 15.2 Å². The molecule has 2 amide bonds. The van der Waals surface area contributed by atoms with Crippen LogP contribution in [-0.4, -0.2) is 28.0 Å². The summed E-state index contributed by atoms with van der Waals surface area (Å²) in [5, 5.41) is 7.46. The van der Waals surface area contributed by atoms with Gasteiger partial charge >= 0.3 is 6.18 Å². The molecule has 1 unspecified atom stereocenters. The number of alkyl halides is 3. The number of carbonyl (C=O) groups is 2. The largest absolute Gasteiger partial charge is 0.417 e. The Bertz CT molecular complexity index is 842. The highest BCUT2D eigenvalue weighted by atomic mass is 35.5. The van der Waals surface area contributed by atoms with Gasteiger partial charge in [-0.15, -0.1) is 11.8 Å². The van der Waals surface area contributed by atoms with Gasteiger partial charge in [0, 0.05) is 11.8 Å². The number of anilines is 2. The lowest BCUT2D eigenvalue weighted by Gasteiger charge is -2.13. The van der Waals surface area contributed by atoms with E-state index in [-0.39, 0.29) is 23.2 Å². The number of thioether (sulfide) groups is 1. The van der Waals surface area contributed by atoms with Crippen molar-refractivity contribution in [1.82, 2.24) is 5.16 Å². The summed E-state index contributed by atoms with van der Waals surface area (Å²) < 4.78 is 43.3. The van der Waals surface area contributed by atoms with Gasteiger partial charge in [0.15, 0.2) is 5.82 Å². The number of benzene rings is 1. The predicted octanol–water partition coefficient (Wildman–Crippen LogP) is 4.35. The number of carbonyl (C=O) groups excluding carboxylic acids is 2. The highest BCUT2D eigenvalue weighted by Crippen LogP contribution is 2.36. The van der Waals surface area contributed by atoms with Crippen molar-refractivity contribution >= 4 is 46.7 Å². The highest BCUT2D eigenvalue weighted by molar-refractivity contribution is 8.01. The fourth-order valence-electron chi connectivity index (χ4n) is 1.95. The van der Waals surface area contributed by atoms with E-state index in [1.165, 1.54) is 6.07 Å². The summed E-state index contributed by atoms with van der Waals surface area (Å²) in [6.45, 7) is 3.26. The van der Waals surface area contributed by atoms with E-state index in [1.54, 1.807) is 19.9 Å². The van der Waals surface area contributed by atoms with Gasteiger partial charge in [-0.1, -0.05) is 16.8 Å². The molecule has 146 valence electrons. The molecule has 0 spiro atoms. The first kappa shape index (κ1) is 21.1. The van der Waals surface area contributed by atoms with Crippen molar-refractivity contribution in [3.05, 3.63) is 40.6 Å². The van der Waals surface area contributed by atoms with Gasteiger partial charge in [-0.25, -0.2) is 0 Å². The zero-order valence-electron chi connectivity index (χ0n) is 14.2. The first-order valence-electron chi connectivity index (χ1n) is 7.58. The van der Waals surface area contributed by atoms with Crippen LogP contribution in [0.5, 0.6) is 0 Å². The second-order valence-electron chi connectivity index (χ2n) is 5.51. The van der Waals surface area contributed by atoms with Gasteiger partial charge in [0.2, 0.25) is 11.8 Å². The van der Waals surface area contributed by atoms with Gasteiger partial charge in [0.05, 0.1) is 21.6 Å².